The molecule has 0 amide bonds. The predicted molar refractivity (Wildman–Crippen MR) is 128 cm³/mol. The topological polar surface area (TPSA) is 132 Å². The number of nitrogens with one attached hydrogen (secondary N) is 1. The number of carboxylic acids is 1. The van der Waals surface area contributed by atoms with Crippen LogP contribution in [0.1, 0.15) is 21.5 Å². The number of phenols is 1. The van der Waals surface area contributed by atoms with E-state index >= 15 is 0 Å². The molecule has 0 spiro atoms. The zero-order chi connectivity index (χ0) is 23.8. The summed E-state index contributed by atoms with van der Waals surface area (Å²) in [6, 6.07) is 12.0. The van der Waals surface area contributed by atoms with Gasteiger partial charge in [-0.05, 0) is 54.5 Å². The molecule has 0 aromatic heterocycles. The van der Waals surface area contributed by atoms with E-state index < -0.39 is 5.97 Å². The third kappa shape index (κ3) is 5.90. The van der Waals surface area contributed by atoms with Gasteiger partial charge in [-0.25, -0.2) is 4.79 Å². The lowest BCUT2D eigenvalue weighted by Crippen LogP contribution is -2.17. The zero-order valence-electron chi connectivity index (χ0n) is 17.9. The molecule has 8 heteroatoms. The van der Waals surface area contributed by atoms with Crippen LogP contribution in [-0.2, 0) is 11.2 Å². The Labute approximate surface area is 190 Å². The van der Waals surface area contributed by atoms with Crippen molar-refractivity contribution in [2.24, 2.45) is 10.1 Å². The predicted octanol–water partition coefficient (Wildman–Crippen LogP) is 3.24. The largest absolute Gasteiger partial charge is 0.505 e. The van der Waals surface area contributed by atoms with Gasteiger partial charge in [-0.2, -0.15) is 5.10 Å². The number of aliphatic hydroxyl groups is 1. The van der Waals surface area contributed by atoms with Crippen molar-refractivity contribution in [1.29, 1.82) is 0 Å². The number of aliphatic carboxylic acids is 1. The highest BCUT2D eigenvalue weighted by Gasteiger charge is 2.15. The summed E-state index contributed by atoms with van der Waals surface area (Å²) in [4.78, 5) is 27.7. The molecule has 1 aliphatic rings. The lowest BCUT2D eigenvalue weighted by Gasteiger charge is -2.12. The van der Waals surface area contributed by atoms with E-state index in [0.29, 0.717) is 28.8 Å². The molecule has 0 atom stereocenters. The van der Waals surface area contributed by atoms with Crippen molar-refractivity contribution in [2.45, 2.75) is 6.42 Å². The smallest absolute Gasteiger partial charge is 0.335 e. The molecule has 0 bridgehead atoms. The van der Waals surface area contributed by atoms with Crippen molar-refractivity contribution in [1.82, 2.24) is 0 Å². The second-order valence-electron chi connectivity index (χ2n) is 7.07. The Balaban J connectivity index is 1.93. The first-order valence-corrected chi connectivity index (χ1v) is 10.1. The summed E-state index contributed by atoms with van der Waals surface area (Å²) in [5, 5.41) is 33.5. The molecule has 0 unspecified atom stereocenters. The number of rotatable bonds is 8. The van der Waals surface area contributed by atoms with Crippen LogP contribution in [0, 0.1) is 0 Å². The second kappa shape index (κ2) is 10.8. The normalized spacial score (nSPS) is 15.8. The maximum Gasteiger partial charge on any atom is 0.335 e. The fraction of sp³-hybridized carbons (Fsp3) is 0.120. The molecule has 0 heterocycles. The standard InChI is InChI=1S/C25H23N3O5/c1-26-20-9-7-19(25(32)33)15-21(20)27-28-22-14-16(11-12-29)13-18(24(22)31)8-10-23(30)17-5-3-2-4-6-17/h2-10,13-15,28-29,31H,11-12H2,1H3,(H,32,33)/b10-8-,26-20-,27-21-. The molecular formula is C25H23N3O5. The van der Waals surface area contributed by atoms with Crippen molar-refractivity contribution < 1.29 is 24.9 Å². The van der Waals surface area contributed by atoms with E-state index in [1.165, 1.54) is 30.4 Å². The van der Waals surface area contributed by atoms with E-state index in [1.807, 2.05) is 6.07 Å². The lowest BCUT2D eigenvalue weighted by atomic mass is 10.0. The molecular weight excluding hydrogens is 422 g/mol. The Hall–Kier alpha value is -4.30. The molecule has 0 fully saturated rings. The minimum Gasteiger partial charge on any atom is -0.505 e. The van der Waals surface area contributed by atoms with Crippen LogP contribution in [0.5, 0.6) is 5.75 Å². The van der Waals surface area contributed by atoms with E-state index in [1.54, 1.807) is 43.4 Å². The molecule has 0 radical (unpaired) electrons. The number of phenolic OH excluding ortho intramolecular Hbond substituents is 1. The van der Waals surface area contributed by atoms with Crippen LogP contribution in [0.2, 0.25) is 0 Å². The van der Waals surface area contributed by atoms with Crippen molar-refractivity contribution in [3.8, 4) is 5.75 Å². The number of hydrogen-bond donors (Lipinski definition) is 4. The van der Waals surface area contributed by atoms with Gasteiger partial charge >= 0.3 is 5.97 Å². The summed E-state index contributed by atoms with van der Waals surface area (Å²) in [6.45, 7) is -0.104. The van der Waals surface area contributed by atoms with Crippen molar-refractivity contribution in [3.05, 3.63) is 89.0 Å². The number of carboxylic acid groups (broad SMARTS) is 1. The van der Waals surface area contributed by atoms with Gasteiger partial charge in [-0.15, -0.1) is 0 Å². The van der Waals surface area contributed by atoms with Gasteiger partial charge in [0.05, 0.1) is 17.0 Å². The highest BCUT2D eigenvalue weighted by atomic mass is 16.4. The molecule has 0 saturated carbocycles. The third-order valence-electron chi connectivity index (χ3n) is 4.83. The Morgan fingerprint density at radius 1 is 1.09 bits per heavy atom. The maximum absolute atomic E-state index is 12.4. The van der Waals surface area contributed by atoms with E-state index in [9.17, 15) is 24.9 Å². The zero-order valence-corrected chi connectivity index (χ0v) is 17.9. The van der Waals surface area contributed by atoms with Crippen molar-refractivity contribution in [3.63, 3.8) is 0 Å². The number of carbonyl (C=O) groups is 2. The number of nitrogens with zero attached hydrogens (tertiary/aromatic N) is 2. The summed E-state index contributed by atoms with van der Waals surface area (Å²) in [7, 11) is 1.56. The summed E-state index contributed by atoms with van der Waals surface area (Å²) in [6.07, 6.45) is 7.51. The molecule has 8 nitrogen and oxygen atoms in total. The van der Waals surface area contributed by atoms with E-state index in [-0.39, 0.29) is 35.1 Å². The fourth-order valence-corrected chi connectivity index (χ4v) is 3.12. The number of anilines is 1. The molecule has 168 valence electrons. The van der Waals surface area contributed by atoms with Crippen LogP contribution in [-0.4, -0.2) is 52.2 Å². The Kier molecular flexibility index (Phi) is 7.67. The van der Waals surface area contributed by atoms with Gasteiger partial charge in [-0.3, -0.25) is 15.2 Å². The van der Waals surface area contributed by atoms with Crippen LogP contribution >= 0.6 is 0 Å². The number of ketones is 1. The third-order valence-corrected chi connectivity index (χ3v) is 4.83. The maximum atomic E-state index is 12.4. The molecule has 1 aliphatic carbocycles. The Morgan fingerprint density at radius 2 is 1.85 bits per heavy atom. The van der Waals surface area contributed by atoms with Crippen LogP contribution in [0.3, 0.4) is 0 Å². The van der Waals surface area contributed by atoms with Gasteiger partial charge in [0.15, 0.2) is 5.78 Å². The first kappa shape index (κ1) is 23.4. The number of aliphatic hydroxyl groups excluding tert-OH is 1. The van der Waals surface area contributed by atoms with E-state index in [0.717, 1.165) is 0 Å². The van der Waals surface area contributed by atoms with Crippen LogP contribution in [0.4, 0.5) is 5.69 Å². The first-order valence-electron chi connectivity index (χ1n) is 10.1. The van der Waals surface area contributed by atoms with Crippen molar-refractivity contribution >= 4 is 34.9 Å². The SMILES string of the molecule is C/N=C1/C=CC(C(=O)O)=C/C1=N/Nc1cc(CCO)cc(/C=C\C(=O)c2ccccc2)c1O. The number of hydrazone groups is 1. The number of allylic oxidation sites excluding steroid dienone is 3. The van der Waals surface area contributed by atoms with Crippen LogP contribution in [0.25, 0.3) is 6.08 Å². The first-order chi connectivity index (χ1) is 15.9. The number of benzene rings is 2. The van der Waals surface area contributed by atoms with Crippen LogP contribution in [0.15, 0.2) is 82.4 Å². The minimum atomic E-state index is -1.10. The quantitative estimate of drug-likeness (QED) is 0.162. The van der Waals surface area contributed by atoms with Gasteiger partial charge in [-0.1, -0.05) is 30.3 Å². The highest BCUT2D eigenvalue weighted by Crippen LogP contribution is 2.31. The fourth-order valence-electron chi connectivity index (χ4n) is 3.12. The molecule has 4 N–H and O–H groups in total. The second-order valence-corrected chi connectivity index (χ2v) is 7.07. The lowest BCUT2D eigenvalue weighted by molar-refractivity contribution is -0.132. The van der Waals surface area contributed by atoms with Gasteiger partial charge in [0.25, 0.3) is 0 Å². The molecule has 3 rings (SSSR count). The highest BCUT2D eigenvalue weighted by molar-refractivity contribution is 6.52. The number of aliphatic imine (C=N–C) groups is 1. The number of hydrogen-bond acceptors (Lipinski definition) is 7. The van der Waals surface area contributed by atoms with E-state index in [2.05, 4.69) is 15.5 Å². The summed E-state index contributed by atoms with van der Waals surface area (Å²) < 4.78 is 0. The Bertz CT molecular complexity index is 1210. The molecule has 0 aliphatic heterocycles. The monoisotopic (exact) mass is 445 g/mol. The average molecular weight is 445 g/mol. The van der Waals surface area contributed by atoms with Crippen molar-refractivity contribution in [2.75, 3.05) is 19.1 Å². The average Bonchev–Trinajstić information content (AvgIpc) is 2.83. The summed E-state index contributed by atoms with van der Waals surface area (Å²) in [5.41, 5.74) is 5.36. The molecule has 2 aromatic rings. The van der Waals surface area contributed by atoms with Gasteiger partial charge in [0.2, 0.25) is 0 Å². The molecule has 0 saturated heterocycles. The van der Waals surface area contributed by atoms with Gasteiger partial charge < -0.3 is 15.3 Å². The minimum absolute atomic E-state index is 0.0456. The molecule has 33 heavy (non-hydrogen) atoms. The van der Waals surface area contributed by atoms with Crippen LogP contribution < -0.4 is 5.43 Å². The van der Waals surface area contributed by atoms with Gasteiger partial charge in [0, 0.05) is 24.8 Å². The Morgan fingerprint density at radius 3 is 2.52 bits per heavy atom. The number of carbonyl (C=O) groups excluding carboxylic acids is 1. The van der Waals surface area contributed by atoms with Gasteiger partial charge in [0.1, 0.15) is 11.5 Å². The summed E-state index contributed by atoms with van der Waals surface area (Å²) >= 11 is 0. The van der Waals surface area contributed by atoms with E-state index in [4.69, 9.17) is 0 Å². The number of aromatic hydroxyl groups is 1. The molecule has 2 aromatic carbocycles. The summed E-state index contributed by atoms with van der Waals surface area (Å²) in [5.74, 6) is -1.47.